The van der Waals surface area contributed by atoms with Gasteiger partial charge in [-0.1, -0.05) is 11.6 Å². The molecular weight excluding hydrogens is 321 g/mol. The molecule has 7 heteroatoms. The molecule has 2 aromatic rings. The Morgan fingerprint density at radius 2 is 1.75 bits per heavy atom. The van der Waals surface area contributed by atoms with Gasteiger partial charge in [-0.3, -0.25) is 0 Å². The van der Waals surface area contributed by atoms with E-state index in [1.54, 1.807) is 12.1 Å². The molecule has 4 nitrogen and oxygen atoms in total. The number of nitriles is 1. The smallest absolute Gasteiger partial charge is 0.261 e. The van der Waals surface area contributed by atoms with Crippen molar-refractivity contribution in [1.29, 1.82) is 5.26 Å². The van der Waals surface area contributed by atoms with Gasteiger partial charge in [-0.15, -0.1) is 0 Å². The molecule has 0 unspecified atom stereocenters. The zero-order chi connectivity index (χ0) is 14.8. The summed E-state index contributed by atoms with van der Waals surface area (Å²) in [5, 5.41) is 9.02. The third-order valence-electron chi connectivity index (χ3n) is 2.39. The van der Waals surface area contributed by atoms with Crippen LogP contribution in [0.1, 0.15) is 5.56 Å². The van der Waals surface area contributed by atoms with E-state index >= 15 is 0 Å². The van der Waals surface area contributed by atoms with Gasteiger partial charge in [0.05, 0.1) is 21.6 Å². The Morgan fingerprint density at radius 3 is 2.25 bits per heavy atom. The van der Waals surface area contributed by atoms with Crippen LogP contribution in [0.3, 0.4) is 0 Å². The van der Waals surface area contributed by atoms with Crippen molar-refractivity contribution in [1.82, 2.24) is 0 Å². The van der Waals surface area contributed by atoms with E-state index < -0.39 is 9.05 Å². The van der Waals surface area contributed by atoms with Gasteiger partial charge in [0.1, 0.15) is 11.5 Å². The highest BCUT2D eigenvalue weighted by molar-refractivity contribution is 8.13. The van der Waals surface area contributed by atoms with Crippen LogP contribution in [0.25, 0.3) is 0 Å². The summed E-state index contributed by atoms with van der Waals surface area (Å²) >= 11 is 5.97. The van der Waals surface area contributed by atoms with E-state index in [9.17, 15) is 8.42 Å². The molecule has 0 heterocycles. The molecule has 0 spiro atoms. The summed E-state index contributed by atoms with van der Waals surface area (Å²) in [4.78, 5) is -0.0163. The van der Waals surface area contributed by atoms with Gasteiger partial charge in [0.2, 0.25) is 0 Å². The largest absolute Gasteiger partial charge is 0.456 e. The average Bonchev–Trinajstić information content (AvgIpc) is 2.40. The zero-order valence-corrected chi connectivity index (χ0v) is 12.2. The maximum absolute atomic E-state index is 11.1. The average molecular weight is 328 g/mol. The van der Waals surface area contributed by atoms with Gasteiger partial charge in [0, 0.05) is 10.7 Å². The van der Waals surface area contributed by atoms with E-state index in [0.717, 1.165) is 0 Å². The molecule has 0 amide bonds. The molecule has 2 aromatic carbocycles. The van der Waals surface area contributed by atoms with E-state index in [1.165, 1.54) is 30.3 Å². The first kappa shape index (κ1) is 14.7. The number of ether oxygens (including phenoxy) is 1. The fourth-order valence-electron chi connectivity index (χ4n) is 1.45. The molecule has 0 N–H and O–H groups in total. The Kier molecular flexibility index (Phi) is 4.19. The van der Waals surface area contributed by atoms with Crippen molar-refractivity contribution in [2.24, 2.45) is 0 Å². The summed E-state index contributed by atoms with van der Waals surface area (Å²) in [7, 11) is 1.45. The van der Waals surface area contributed by atoms with Crippen LogP contribution in [0, 0.1) is 11.3 Å². The highest BCUT2D eigenvalue weighted by Gasteiger charge is 2.10. The summed E-state index contributed by atoms with van der Waals surface area (Å²) in [5.74, 6) is 0.771. The molecule has 0 aliphatic carbocycles. The summed E-state index contributed by atoms with van der Waals surface area (Å²) in [5.41, 5.74) is 0.422. The van der Waals surface area contributed by atoms with Crippen molar-refractivity contribution in [3.63, 3.8) is 0 Å². The summed E-state index contributed by atoms with van der Waals surface area (Å²) in [6, 6.07) is 12.2. The Hall–Kier alpha value is -1.74. The minimum Gasteiger partial charge on any atom is -0.456 e. The first-order chi connectivity index (χ1) is 9.40. The van der Waals surface area contributed by atoms with Crippen molar-refractivity contribution in [2.75, 3.05) is 0 Å². The first-order valence-corrected chi connectivity index (χ1v) is 8.01. The maximum atomic E-state index is 11.1. The Morgan fingerprint density at radius 1 is 1.10 bits per heavy atom. The second-order valence-corrected chi connectivity index (χ2v) is 6.74. The van der Waals surface area contributed by atoms with Crippen molar-refractivity contribution < 1.29 is 13.2 Å². The Labute approximate surface area is 125 Å². The normalized spacial score (nSPS) is 10.8. The van der Waals surface area contributed by atoms with Crippen LogP contribution in [0.2, 0.25) is 5.02 Å². The van der Waals surface area contributed by atoms with E-state index in [0.29, 0.717) is 17.1 Å². The molecule has 0 atom stereocenters. The SMILES string of the molecule is N#Cc1ccc(Oc2ccc(S(=O)(=O)Cl)cc2)c(Cl)c1. The molecule has 0 saturated carbocycles. The van der Waals surface area contributed by atoms with Gasteiger partial charge in [0.25, 0.3) is 9.05 Å². The Bertz CT molecular complexity index is 780. The van der Waals surface area contributed by atoms with Gasteiger partial charge >= 0.3 is 0 Å². The molecule has 0 fully saturated rings. The van der Waals surface area contributed by atoms with Gasteiger partial charge in [-0.25, -0.2) is 8.42 Å². The van der Waals surface area contributed by atoms with Gasteiger partial charge in [0.15, 0.2) is 0 Å². The van der Waals surface area contributed by atoms with Crippen LogP contribution in [-0.2, 0) is 9.05 Å². The van der Waals surface area contributed by atoms with Gasteiger partial charge in [-0.2, -0.15) is 5.26 Å². The van der Waals surface area contributed by atoms with Crippen LogP contribution < -0.4 is 4.74 Å². The second kappa shape index (κ2) is 5.71. The number of halogens is 2. The lowest BCUT2D eigenvalue weighted by molar-refractivity contribution is 0.482. The fourth-order valence-corrected chi connectivity index (χ4v) is 2.44. The van der Waals surface area contributed by atoms with Crippen molar-refractivity contribution in [2.45, 2.75) is 4.90 Å². The number of hydrogen-bond donors (Lipinski definition) is 0. The molecule has 0 aromatic heterocycles. The second-order valence-electron chi connectivity index (χ2n) is 3.77. The van der Waals surface area contributed by atoms with E-state index in [2.05, 4.69) is 0 Å². The third kappa shape index (κ3) is 3.42. The van der Waals surface area contributed by atoms with Crippen LogP contribution in [0.4, 0.5) is 0 Å². The molecule has 0 saturated heterocycles. The first-order valence-electron chi connectivity index (χ1n) is 5.32. The standard InChI is InChI=1S/C13H7Cl2NO3S/c14-12-7-9(8-16)1-6-13(12)19-10-2-4-11(5-3-10)20(15,17)18/h1-7H. The number of rotatable bonds is 3. The lowest BCUT2D eigenvalue weighted by atomic mass is 10.2. The molecule has 0 radical (unpaired) electrons. The number of benzene rings is 2. The summed E-state index contributed by atoms with van der Waals surface area (Å²) < 4.78 is 27.7. The highest BCUT2D eigenvalue weighted by Crippen LogP contribution is 2.30. The molecule has 20 heavy (non-hydrogen) atoms. The monoisotopic (exact) mass is 327 g/mol. The van der Waals surface area contributed by atoms with Crippen LogP contribution in [0.15, 0.2) is 47.4 Å². The van der Waals surface area contributed by atoms with Gasteiger partial charge in [-0.05, 0) is 42.5 Å². The summed E-state index contributed by atoms with van der Waals surface area (Å²) in [6.45, 7) is 0. The van der Waals surface area contributed by atoms with E-state index in [-0.39, 0.29) is 9.92 Å². The molecule has 0 aliphatic rings. The van der Waals surface area contributed by atoms with Crippen LogP contribution in [0.5, 0.6) is 11.5 Å². The molecule has 0 aliphatic heterocycles. The minimum absolute atomic E-state index is 0.0163. The molecular formula is C13H7Cl2NO3S. The number of nitrogens with zero attached hydrogens (tertiary/aromatic N) is 1. The van der Waals surface area contributed by atoms with Crippen molar-refractivity contribution in [3.8, 4) is 17.6 Å². The van der Waals surface area contributed by atoms with E-state index in [4.69, 9.17) is 32.3 Å². The number of hydrogen-bond acceptors (Lipinski definition) is 4. The quantitative estimate of drug-likeness (QED) is 0.801. The Balaban J connectivity index is 2.25. The molecule has 0 bridgehead atoms. The van der Waals surface area contributed by atoms with Crippen LogP contribution >= 0.6 is 22.3 Å². The highest BCUT2D eigenvalue weighted by atomic mass is 35.7. The maximum Gasteiger partial charge on any atom is 0.261 e. The predicted molar refractivity (Wildman–Crippen MR) is 75.7 cm³/mol. The fraction of sp³-hybridized carbons (Fsp3) is 0. The van der Waals surface area contributed by atoms with Crippen molar-refractivity contribution in [3.05, 3.63) is 53.1 Å². The van der Waals surface area contributed by atoms with Crippen molar-refractivity contribution >= 4 is 31.3 Å². The lowest BCUT2D eigenvalue weighted by Crippen LogP contribution is -1.91. The van der Waals surface area contributed by atoms with Gasteiger partial charge < -0.3 is 4.74 Å². The zero-order valence-electron chi connectivity index (χ0n) is 9.88. The summed E-state index contributed by atoms with van der Waals surface area (Å²) in [6.07, 6.45) is 0. The van der Waals surface area contributed by atoms with E-state index in [1.807, 2.05) is 6.07 Å². The van der Waals surface area contributed by atoms with Crippen LogP contribution in [-0.4, -0.2) is 8.42 Å². The predicted octanol–water partition coefficient (Wildman–Crippen LogP) is 3.93. The molecule has 102 valence electrons. The minimum atomic E-state index is -3.76. The lowest BCUT2D eigenvalue weighted by Gasteiger charge is -2.08. The third-order valence-corrected chi connectivity index (χ3v) is 4.06. The molecule has 2 rings (SSSR count). The topological polar surface area (TPSA) is 67.2 Å².